The fraction of sp³-hybridized carbons (Fsp3) is 0.167. The summed E-state index contributed by atoms with van der Waals surface area (Å²) in [4.78, 5) is 21.8. The lowest BCUT2D eigenvalue weighted by Gasteiger charge is -2.10. The van der Waals surface area contributed by atoms with E-state index < -0.39 is 35.3 Å². The first-order chi connectivity index (χ1) is 9.36. The Bertz CT molecular complexity index is 553. The molecular formula is C12H10F2O6. The van der Waals surface area contributed by atoms with Gasteiger partial charge in [-0.2, -0.15) is 0 Å². The van der Waals surface area contributed by atoms with E-state index in [-0.39, 0.29) is 5.75 Å². The van der Waals surface area contributed by atoms with Gasteiger partial charge in [-0.05, 0) is 18.2 Å². The number of hydrogen-bond acceptors (Lipinski definition) is 4. The molecule has 0 bridgehead atoms. The van der Waals surface area contributed by atoms with Crippen molar-refractivity contribution >= 4 is 11.9 Å². The summed E-state index contributed by atoms with van der Waals surface area (Å²) in [6, 6.07) is 2.62. The van der Waals surface area contributed by atoms with Crippen molar-refractivity contribution in [1.82, 2.24) is 0 Å². The first kappa shape index (κ1) is 15.4. The number of alkyl halides is 2. The maximum Gasteiger partial charge on any atom is 0.375 e. The molecule has 2 N–H and O–H groups in total. The van der Waals surface area contributed by atoms with Crippen molar-refractivity contribution < 1.29 is 38.1 Å². The standard InChI is InChI=1S/C12H10F2O6/c1-19-5-9(12(17)18)20-8-3-2-6(10(13)14)4-7(8)11(15)16/h2-5,10H,1H3,(H,15,16)(H,17,18). The lowest BCUT2D eigenvalue weighted by Crippen LogP contribution is -2.11. The van der Waals surface area contributed by atoms with Crippen molar-refractivity contribution in [1.29, 1.82) is 0 Å². The summed E-state index contributed by atoms with van der Waals surface area (Å²) in [6.45, 7) is 0. The number of halogens is 2. The van der Waals surface area contributed by atoms with Crippen LogP contribution >= 0.6 is 0 Å². The SMILES string of the molecule is COC=C(Oc1ccc(C(F)F)cc1C(=O)O)C(=O)O. The summed E-state index contributed by atoms with van der Waals surface area (Å²) < 4.78 is 34.3. The predicted octanol–water partition coefficient (Wildman–Crippen LogP) is 2.27. The molecule has 6 nitrogen and oxygen atoms in total. The average molecular weight is 288 g/mol. The minimum atomic E-state index is -2.85. The molecule has 0 aliphatic rings. The fourth-order valence-electron chi connectivity index (χ4n) is 1.28. The third-order valence-corrected chi connectivity index (χ3v) is 2.14. The van der Waals surface area contributed by atoms with Gasteiger partial charge >= 0.3 is 11.9 Å². The number of aliphatic carboxylic acids is 1. The van der Waals surface area contributed by atoms with Crippen LogP contribution in [0.2, 0.25) is 0 Å². The zero-order valence-electron chi connectivity index (χ0n) is 10.2. The van der Waals surface area contributed by atoms with Gasteiger partial charge in [-0.25, -0.2) is 18.4 Å². The van der Waals surface area contributed by atoms with Gasteiger partial charge in [0.15, 0.2) is 0 Å². The van der Waals surface area contributed by atoms with Gasteiger partial charge in [0.1, 0.15) is 17.6 Å². The van der Waals surface area contributed by atoms with Gasteiger partial charge in [0.05, 0.1) is 7.11 Å². The molecule has 0 saturated carbocycles. The Hall–Kier alpha value is -2.64. The highest BCUT2D eigenvalue weighted by molar-refractivity contribution is 5.92. The molecule has 0 heterocycles. The molecule has 0 aromatic heterocycles. The molecule has 0 spiro atoms. The van der Waals surface area contributed by atoms with E-state index in [9.17, 15) is 18.4 Å². The van der Waals surface area contributed by atoms with E-state index in [0.717, 1.165) is 18.4 Å². The van der Waals surface area contributed by atoms with Crippen LogP contribution in [-0.4, -0.2) is 29.3 Å². The highest BCUT2D eigenvalue weighted by atomic mass is 19.3. The highest BCUT2D eigenvalue weighted by Gasteiger charge is 2.19. The topological polar surface area (TPSA) is 93.1 Å². The van der Waals surface area contributed by atoms with Crippen molar-refractivity contribution in [3.05, 3.63) is 41.3 Å². The average Bonchev–Trinajstić information content (AvgIpc) is 2.37. The van der Waals surface area contributed by atoms with Crippen LogP contribution in [0.1, 0.15) is 22.3 Å². The second kappa shape index (κ2) is 6.50. The Kier molecular flexibility index (Phi) is 5.01. The maximum absolute atomic E-state index is 12.5. The number of aromatic carboxylic acids is 1. The summed E-state index contributed by atoms with van der Waals surface area (Å²) in [7, 11) is 1.17. The third-order valence-electron chi connectivity index (χ3n) is 2.14. The van der Waals surface area contributed by atoms with Gasteiger partial charge in [0.25, 0.3) is 6.43 Å². The molecule has 1 rings (SSSR count). The maximum atomic E-state index is 12.5. The molecule has 0 aliphatic carbocycles. The summed E-state index contributed by atoms with van der Waals surface area (Å²) in [6.07, 6.45) is -2.11. The number of carboxylic acid groups (broad SMARTS) is 2. The number of hydrogen-bond donors (Lipinski definition) is 2. The quantitative estimate of drug-likeness (QED) is 0.616. The molecule has 1 aromatic rings. The zero-order valence-corrected chi connectivity index (χ0v) is 10.2. The Labute approximate surface area is 111 Å². The van der Waals surface area contributed by atoms with Crippen LogP contribution in [0.5, 0.6) is 5.75 Å². The largest absolute Gasteiger partial charge is 0.500 e. The Balaban J connectivity index is 3.21. The number of benzene rings is 1. The normalized spacial score (nSPS) is 11.3. The predicted molar refractivity (Wildman–Crippen MR) is 61.7 cm³/mol. The van der Waals surface area contributed by atoms with Crippen LogP contribution in [0.25, 0.3) is 0 Å². The molecule has 0 radical (unpaired) electrons. The Morgan fingerprint density at radius 2 is 1.95 bits per heavy atom. The minimum absolute atomic E-state index is 0.382. The van der Waals surface area contributed by atoms with Crippen LogP contribution in [0.4, 0.5) is 8.78 Å². The molecule has 0 saturated heterocycles. The molecule has 0 amide bonds. The number of ether oxygens (including phenoxy) is 2. The van der Waals surface area contributed by atoms with Crippen molar-refractivity contribution in [2.24, 2.45) is 0 Å². The van der Waals surface area contributed by atoms with Crippen LogP contribution in [-0.2, 0) is 9.53 Å². The van der Waals surface area contributed by atoms with Gasteiger partial charge in [0.2, 0.25) is 5.76 Å². The van der Waals surface area contributed by atoms with Gasteiger partial charge in [-0.1, -0.05) is 0 Å². The first-order valence-electron chi connectivity index (χ1n) is 5.16. The van der Waals surface area contributed by atoms with Crippen LogP contribution in [0, 0.1) is 0 Å². The van der Waals surface area contributed by atoms with E-state index in [2.05, 4.69) is 4.74 Å². The van der Waals surface area contributed by atoms with Crippen molar-refractivity contribution in [3.63, 3.8) is 0 Å². The van der Waals surface area contributed by atoms with Crippen molar-refractivity contribution in [2.75, 3.05) is 7.11 Å². The van der Waals surface area contributed by atoms with Crippen LogP contribution < -0.4 is 4.74 Å². The van der Waals surface area contributed by atoms with Gasteiger partial charge < -0.3 is 19.7 Å². The molecule has 0 atom stereocenters. The highest BCUT2D eigenvalue weighted by Crippen LogP contribution is 2.27. The Morgan fingerprint density at radius 3 is 2.40 bits per heavy atom. The Morgan fingerprint density at radius 1 is 1.30 bits per heavy atom. The third kappa shape index (κ3) is 3.67. The number of carboxylic acids is 2. The van der Waals surface area contributed by atoms with E-state index in [1.165, 1.54) is 7.11 Å². The van der Waals surface area contributed by atoms with Crippen molar-refractivity contribution in [3.8, 4) is 5.75 Å². The smallest absolute Gasteiger partial charge is 0.375 e. The van der Waals surface area contributed by atoms with E-state index in [4.69, 9.17) is 14.9 Å². The van der Waals surface area contributed by atoms with E-state index in [1.807, 2.05) is 0 Å². The van der Waals surface area contributed by atoms with E-state index in [0.29, 0.717) is 6.07 Å². The van der Waals surface area contributed by atoms with E-state index >= 15 is 0 Å². The van der Waals surface area contributed by atoms with Gasteiger partial charge in [-0.3, -0.25) is 0 Å². The molecule has 8 heteroatoms. The number of rotatable bonds is 6. The fourth-order valence-corrected chi connectivity index (χ4v) is 1.28. The summed E-state index contributed by atoms with van der Waals surface area (Å²) in [5, 5.41) is 17.7. The molecule has 20 heavy (non-hydrogen) atoms. The second-order valence-electron chi connectivity index (χ2n) is 3.49. The minimum Gasteiger partial charge on any atom is -0.500 e. The molecule has 1 aromatic carbocycles. The molecule has 0 aliphatic heterocycles. The van der Waals surface area contributed by atoms with Gasteiger partial charge in [0, 0.05) is 5.56 Å². The summed E-state index contributed by atoms with van der Waals surface area (Å²) >= 11 is 0. The number of carbonyl (C=O) groups is 2. The molecule has 0 fully saturated rings. The summed E-state index contributed by atoms with van der Waals surface area (Å²) in [5.41, 5.74) is -1.09. The van der Waals surface area contributed by atoms with Crippen LogP contribution in [0.15, 0.2) is 30.2 Å². The molecule has 108 valence electrons. The molecule has 0 unspecified atom stereocenters. The molecular weight excluding hydrogens is 278 g/mol. The van der Waals surface area contributed by atoms with Gasteiger partial charge in [-0.15, -0.1) is 0 Å². The summed E-state index contributed by atoms with van der Waals surface area (Å²) in [5.74, 6) is -4.09. The van der Waals surface area contributed by atoms with Crippen molar-refractivity contribution in [2.45, 2.75) is 6.43 Å². The number of methoxy groups -OCH3 is 1. The zero-order chi connectivity index (χ0) is 15.3. The van der Waals surface area contributed by atoms with Crippen LogP contribution in [0.3, 0.4) is 0 Å². The van der Waals surface area contributed by atoms with E-state index in [1.54, 1.807) is 0 Å². The lowest BCUT2D eigenvalue weighted by molar-refractivity contribution is -0.135. The second-order valence-corrected chi connectivity index (χ2v) is 3.49. The first-order valence-corrected chi connectivity index (χ1v) is 5.16. The monoisotopic (exact) mass is 288 g/mol. The lowest BCUT2D eigenvalue weighted by atomic mass is 10.1.